The number of sulfone groups is 1. The molecule has 0 amide bonds. The zero-order valence-electron chi connectivity index (χ0n) is 14.5. The van der Waals surface area contributed by atoms with Crippen molar-refractivity contribution in [2.24, 2.45) is 0 Å². The Balaban J connectivity index is 1.90. The Morgan fingerprint density at radius 3 is 2.50 bits per heavy atom. The largest absolute Gasteiger partial charge is 0.490 e. The molecule has 1 saturated carbocycles. The van der Waals surface area contributed by atoms with Gasteiger partial charge in [-0.25, -0.2) is 12.8 Å². The molecule has 1 atom stereocenters. The van der Waals surface area contributed by atoms with Gasteiger partial charge in [-0.3, -0.25) is 0 Å². The lowest BCUT2D eigenvalue weighted by Crippen LogP contribution is -2.19. The molecule has 6 heteroatoms. The van der Waals surface area contributed by atoms with Crippen molar-refractivity contribution in [3.63, 3.8) is 0 Å². The van der Waals surface area contributed by atoms with Crippen molar-refractivity contribution in [1.29, 1.82) is 0 Å². The van der Waals surface area contributed by atoms with Crippen LogP contribution in [0.3, 0.4) is 0 Å². The highest BCUT2D eigenvalue weighted by Gasteiger charge is 2.25. The summed E-state index contributed by atoms with van der Waals surface area (Å²) in [5, 5.41) is 8.93. The second kappa shape index (κ2) is 8.18. The monoisotopic (exact) mass is 378 g/mol. The molecule has 0 heterocycles. The topological polar surface area (TPSA) is 63.6 Å². The summed E-state index contributed by atoms with van der Waals surface area (Å²) in [5.41, 5.74) is 1.56. The SMILES string of the molecule is O=S(=O)(CCCO)C[C@H](c1ccc(F)cc1)c1cccc(OC2CC2)c1. The van der Waals surface area contributed by atoms with Crippen LogP contribution in [0, 0.1) is 5.82 Å². The standard InChI is InChI=1S/C20H23FO4S/c21-17-7-5-15(6-8-17)20(14-26(23,24)12-2-11-22)16-3-1-4-19(13-16)25-18-9-10-18/h1,3-8,13,18,20,22H,2,9-12,14H2/t20-/m1/s1. The summed E-state index contributed by atoms with van der Waals surface area (Å²) < 4.78 is 44.1. The first kappa shape index (κ1) is 18.9. The van der Waals surface area contributed by atoms with E-state index in [1.807, 2.05) is 24.3 Å². The molecule has 0 aliphatic heterocycles. The minimum Gasteiger partial charge on any atom is -0.490 e. The van der Waals surface area contributed by atoms with E-state index in [1.165, 1.54) is 12.1 Å². The Bertz CT molecular complexity index is 829. The van der Waals surface area contributed by atoms with E-state index in [-0.39, 0.29) is 36.5 Å². The van der Waals surface area contributed by atoms with Gasteiger partial charge in [0.2, 0.25) is 0 Å². The van der Waals surface area contributed by atoms with Crippen LogP contribution >= 0.6 is 0 Å². The molecule has 1 fully saturated rings. The molecule has 0 radical (unpaired) electrons. The summed E-state index contributed by atoms with van der Waals surface area (Å²) in [6.07, 6.45) is 2.55. The van der Waals surface area contributed by atoms with Crippen molar-refractivity contribution in [2.45, 2.75) is 31.3 Å². The molecule has 0 spiro atoms. The number of ether oxygens (including phenoxy) is 1. The molecular formula is C20H23FO4S. The van der Waals surface area contributed by atoms with Crippen molar-refractivity contribution in [2.75, 3.05) is 18.1 Å². The minimum absolute atomic E-state index is 0.0700. The third kappa shape index (κ3) is 5.29. The maximum atomic E-state index is 13.3. The molecule has 1 N–H and O–H groups in total. The molecule has 0 saturated heterocycles. The molecule has 26 heavy (non-hydrogen) atoms. The van der Waals surface area contributed by atoms with Gasteiger partial charge in [-0.15, -0.1) is 0 Å². The molecule has 0 bridgehead atoms. The van der Waals surface area contributed by atoms with Gasteiger partial charge in [0.1, 0.15) is 11.6 Å². The van der Waals surface area contributed by atoms with Crippen LogP contribution in [0.15, 0.2) is 48.5 Å². The number of aliphatic hydroxyl groups excluding tert-OH is 1. The lowest BCUT2D eigenvalue weighted by atomic mass is 9.93. The van der Waals surface area contributed by atoms with Gasteiger partial charge in [0.15, 0.2) is 9.84 Å². The van der Waals surface area contributed by atoms with Gasteiger partial charge in [-0.05, 0) is 54.7 Å². The number of aliphatic hydroxyl groups is 1. The maximum Gasteiger partial charge on any atom is 0.151 e. The maximum absolute atomic E-state index is 13.3. The van der Waals surface area contributed by atoms with Crippen LogP contribution in [0.2, 0.25) is 0 Å². The van der Waals surface area contributed by atoms with Gasteiger partial charge in [0.05, 0.1) is 17.6 Å². The zero-order chi connectivity index (χ0) is 18.6. The van der Waals surface area contributed by atoms with Crippen LogP contribution in [-0.2, 0) is 9.84 Å². The van der Waals surface area contributed by atoms with Crippen LogP contribution in [0.25, 0.3) is 0 Å². The summed E-state index contributed by atoms with van der Waals surface area (Å²) in [7, 11) is -3.37. The van der Waals surface area contributed by atoms with Crippen LogP contribution in [0.5, 0.6) is 5.75 Å². The van der Waals surface area contributed by atoms with Crippen LogP contribution in [-0.4, -0.2) is 37.7 Å². The lowest BCUT2D eigenvalue weighted by Gasteiger charge is -2.19. The van der Waals surface area contributed by atoms with Crippen LogP contribution < -0.4 is 4.74 Å². The molecule has 0 unspecified atom stereocenters. The van der Waals surface area contributed by atoms with Gasteiger partial charge in [0, 0.05) is 12.5 Å². The van der Waals surface area contributed by atoms with Gasteiger partial charge in [-0.2, -0.15) is 0 Å². The molecule has 3 rings (SSSR count). The first-order valence-electron chi connectivity index (χ1n) is 8.80. The zero-order valence-corrected chi connectivity index (χ0v) is 15.3. The summed E-state index contributed by atoms with van der Waals surface area (Å²) in [6, 6.07) is 13.4. The molecule has 4 nitrogen and oxygen atoms in total. The van der Waals surface area contributed by atoms with Gasteiger partial charge < -0.3 is 9.84 Å². The van der Waals surface area contributed by atoms with Crippen molar-refractivity contribution in [3.05, 3.63) is 65.5 Å². The summed E-state index contributed by atoms with van der Waals surface area (Å²) >= 11 is 0. The Hall–Kier alpha value is -1.92. The van der Waals surface area contributed by atoms with E-state index in [9.17, 15) is 12.8 Å². The minimum atomic E-state index is -3.37. The normalized spacial score (nSPS) is 15.6. The van der Waals surface area contributed by atoms with E-state index in [4.69, 9.17) is 9.84 Å². The van der Waals surface area contributed by atoms with E-state index >= 15 is 0 Å². The van der Waals surface area contributed by atoms with Crippen molar-refractivity contribution < 1.29 is 22.7 Å². The molecule has 1 aliphatic carbocycles. The highest BCUT2D eigenvalue weighted by Crippen LogP contribution is 2.32. The van der Waals surface area contributed by atoms with Crippen LogP contribution in [0.4, 0.5) is 4.39 Å². The Labute approximate surface area is 153 Å². The first-order valence-corrected chi connectivity index (χ1v) is 10.6. The highest BCUT2D eigenvalue weighted by molar-refractivity contribution is 7.91. The first-order chi connectivity index (χ1) is 12.5. The Morgan fingerprint density at radius 2 is 1.85 bits per heavy atom. The molecule has 2 aromatic rings. The van der Waals surface area contributed by atoms with E-state index in [1.54, 1.807) is 12.1 Å². The van der Waals surface area contributed by atoms with Gasteiger partial charge in [0.25, 0.3) is 0 Å². The van der Waals surface area contributed by atoms with Crippen molar-refractivity contribution in [3.8, 4) is 5.75 Å². The molecule has 2 aromatic carbocycles. The Kier molecular flexibility index (Phi) is 5.94. The van der Waals surface area contributed by atoms with Crippen molar-refractivity contribution >= 4 is 9.84 Å². The van der Waals surface area contributed by atoms with Gasteiger partial charge >= 0.3 is 0 Å². The van der Waals surface area contributed by atoms with E-state index < -0.39 is 15.8 Å². The molecule has 0 aromatic heterocycles. The molecule has 140 valence electrons. The third-order valence-electron chi connectivity index (χ3n) is 4.39. The van der Waals surface area contributed by atoms with Crippen molar-refractivity contribution in [1.82, 2.24) is 0 Å². The van der Waals surface area contributed by atoms with E-state index in [0.29, 0.717) is 0 Å². The highest BCUT2D eigenvalue weighted by atomic mass is 32.2. The quantitative estimate of drug-likeness (QED) is 0.727. The average Bonchev–Trinajstić information content (AvgIpc) is 3.43. The predicted molar refractivity (Wildman–Crippen MR) is 98.7 cm³/mol. The van der Waals surface area contributed by atoms with E-state index in [2.05, 4.69) is 0 Å². The summed E-state index contributed by atoms with van der Waals surface area (Å²) in [4.78, 5) is 0. The molecule has 1 aliphatic rings. The third-order valence-corrected chi connectivity index (χ3v) is 6.15. The summed E-state index contributed by atoms with van der Waals surface area (Å²) in [6.45, 7) is -0.162. The van der Waals surface area contributed by atoms with E-state index in [0.717, 1.165) is 29.7 Å². The van der Waals surface area contributed by atoms with Crippen LogP contribution in [0.1, 0.15) is 36.3 Å². The number of halogens is 1. The van der Waals surface area contributed by atoms with Gasteiger partial charge in [-0.1, -0.05) is 24.3 Å². The fraction of sp³-hybridized carbons (Fsp3) is 0.400. The second-order valence-electron chi connectivity index (χ2n) is 6.69. The number of hydrogen-bond acceptors (Lipinski definition) is 4. The smallest absolute Gasteiger partial charge is 0.151 e. The second-order valence-corrected chi connectivity index (χ2v) is 8.91. The lowest BCUT2D eigenvalue weighted by molar-refractivity contribution is 0.295. The number of rotatable bonds is 9. The fourth-order valence-electron chi connectivity index (χ4n) is 2.88. The Morgan fingerprint density at radius 1 is 1.12 bits per heavy atom. The summed E-state index contributed by atoms with van der Waals surface area (Å²) in [5.74, 6) is -0.210. The average molecular weight is 378 g/mol. The fourth-order valence-corrected chi connectivity index (χ4v) is 4.51. The number of hydrogen-bond donors (Lipinski definition) is 1. The predicted octanol–water partition coefficient (Wildman–Crippen LogP) is 3.30. The number of benzene rings is 2. The molecular weight excluding hydrogens is 355 g/mol.